The van der Waals surface area contributed by atoms with Gasteiger partial charge in [0.25, 0.3) is 0 Å². The van der Waals surface area contributed by atoms with Gasteiger partial charge in [-0.3, -0.25) is 9.69 Å². The molecule has 2 atom stereocenters. The van der Waals surface area contributed by atoms with E-state index in [1.165, 1.54) is 5.56 Å². The summed E-state index contributed by atoms with van der Waals surface area (Å²) >= 11 is 0. The Balaban J connectivity index is 2.08. The maximum atomic E-state index is 12.0. The molecule has 3 rings (SSSR count). The quantitative estimate of drug-likeness (QED) is 0.856. The summed E-state index contributed by atoms with van der Waals surface area (Å²) in [6.07, 6.45) is 5.49. The SMILES string of the molecule is COc1ccc([C@@]23C=CC(=O)CC2N(C(C)C)CC3)cc1OC. The molecule has 0 aromatic heterocycles. The van der Waals surface area contributed by atoms with Gasteiger partial charge in [-0.05, 0) is 50.6 Å². The van der Waals surface area contributed by atoms with Crippen LogP contribution < -0.4 is 9.47 Å². The van der Waals surface area contributed by atoms with E-state index in [0.29, 0.717) is 12.5 Å². The highest BCUT2D eigenvalue weighted by Gasteiger charge is 2.49. The number of hydrogen-bond donors (Lipinski definition) is 0. The number of carbonyl (C=O) groups is 1. The van der Waals surface area contributed by atoms with Gasteiger partial charge in [0.05, 0.1) is 14.2 Å². The molecule has 0 radical (unpaired) electrons. The molecule has 0 saturated carbocycles. The average Bonchev–Trinajstić information content (AvgIpc) is 2.94. The van der Waals surface area contributed by atoms with Crippen LogP contribution in [0.5, 0.6) is 11.5 Å². The van der Waals surface area contributed by atoms with E-state index in [0.717, 1.165) is 24.5 Å². The van der Waals surface area contributed by atoms with Gasteiger partial charge in [-0.1, -0.05) is 12.1 Å². The van der Waals surface area contributed by atoms with Crippen molar-refractivity contribution in [3.05, 3.63) is 35.9 Å². The summed E-state index contributed by atoms with van der Waals surface area (Å²) < 4.78 is 10.8. The van der Waals surface area contributed by atoms with Gasteiger partial charge < -0.3 is 9.47 Å². The summed E-state index contributed by atoms with van der Waals surface area (Å²) in [5.41, 5.74) is 1.09. The van der Waals surface area contributed by atoms with E-state index in [1.807, 2.05) is 6.07 Å². The van der Waals surface area contributed by atoms with Crippen molar-refractivity contribution in [1.29, 1.82) is 0 Å². The number of hydrogen-bond acceptors (Lipinski definition) is 4. The minimum absolute atomic E-state index is 0.113. The Labute approximate surface area is 138 Å². The minimum Gasteiger partial charge on any atom is -0.493 e. The van der Waals surface area contributed by atoms with Gasteiger partial charge >= 0.3 is 0 Å². The molecular weight excluding hydrogens is 290 g/mol. The molecule has 1 heterocycles. The summed E-state index contributed by atoms with van der Waals surface area (Å²) in [5.74, 6) is 1.70. The third-order valence-electron chi connectivity index (χ3n) is 5.32. The van der Waals surface area contributed by atoms with Gasteiger partial charge in [0.2, 0.25) is 0 Å². The molecule has 4 nitrogen and oxygen atoms in total. The molecule has 2 aliphatic rings. The summed E-state index contributed by atoms with van der Waals surface area (Å²) in [6.45, 7) is 5.41. The van der Waals surface area contributed by atoms with Crippen LogP contribution in [0.1, 0.15) is 32.3 Å². The molecular formula is C19H25NO3. The molecule has 1 aromatic carbocycles. The molecule has 124 valence electrons. The van der Waals surface area contributed by atoms with Gasteiger partial charge in [-0.15, -0.1) is 0 Å². The molecule has 1 unspecified atom stereocenters. The lowest BCUT2D eigenvalue weighted by Crippen LogP contribution is -2.47. The number of carbonyl (C=O) groups excluding carboxylic acids is 1. The molecule has 1 aliphatic heterocycles. The molecule has 0 amide bonds. The molecule has 1 saturated heterocycles. The summed E-state index contributed by atoms with van der Waals surface area (Å²) in [5, 5.41) is 0. The lowest BCUT2D eigenvalue weighted by Gasteiger charge is -2.40. The lowest BCUT2D eigenvalue weighted by atomic mass is 9.69. The Morgan fingerprint density at radius 1 is 1.22 bits per heavy atom. The van der Waals surface area contributed by atoms with E-state index in [2.05, 4.69) is 37.0 Å². The van der Waals surface area contributed by atoms with Crippen molar-refractivity contribution in [2.75, 3.05) is 20.8 Å². The minimum atomic E-state index is -0.113. The predicted octanol–water partition coefficient (Wildman–Crippen LogP) is 2.95. The first-order valence-corrected chi connectivity index (χ1v) is 8.22. The smallest absolute Gasteiger partial charge is 0.161 e. The zero-order valence-corrected chi connectivity index (χ0v) is 14.3. The second kappa shape index (κ2) is 6.00. The molecule has 1 aliphatic carbocycles. The first kappa shape index (κ1) is 16.1. The van der Waals surface area contributed by atoms with Crippen LogP contribution in [0.3, 0.4) is 0 Å². The Hall–Kier alpha value is -1.81. The van der Waals surface area contributed by atoms with Crippen molar-refractivity contribution in [3.63, 3.8) is 0 Å². The van der Waals surface area contributed by atoms with Crippen LogP contribution in [0.2, 0.25) is 0 Å². The number of benzene rings is 1. The van der Waals surface area contributed by atoms with Crippen LogP contribution in [0.4, 0.5) is 0 Å². The zero-order valence-electron chi connectivity index (χ0n) is 14.3. The third kappa shape index (κ3) is 2.55. The fourth-order valence-corrected chi connectivity index (χ4v) is 4.10. The maximum absolute atomic E-state index is 12.0. The number of ketones is 1. The van der Waals surface area contributed by atoms with E-state index in [-0.39, 0.29) is 17.2 Å². The highest BCUT2D eigenvalue weighted by Crippen LogP contribution is 2.47. The van der Waals surface area contributed by atoms with Crippen molar-refractivity contribution < 1.29 is 14.3 Å². The molecule has 1 aromatic rings. The van der Waals surface area contributed by atoms with Crippen LogP contribution in [-0.4, -0.2) is 43.5 Å². The third-order valence-corrected chi connectivity index (χ3v) is 5.32. The molecule has 0 spiro atoms. The van der Waals surface area contributed by atoms with Crippen LogP contribution in [0.15, 0.2) is 30.4 Å². The van der Waals surface area contributed by atoms with Crippen LogP contribution in [0, 0.1) is 0 Å². The van der Waals surface area contributed by atoms with Crippen molar-refractivity contribution in [1.82, 2.24) is 4.90 Å². The Bertz CT molecular complexity index is 638. The number of ether oxygens (including phenoxy) is 2. The van der Waals surface area contributed by atoms with Crippen LogP contribution >= 0.6 is 0 Å². The first-order valence-electron chi connectivity index (χ1n) is 8.22. The van der Waals surface area contributed by atoms with E-state index < -0.39 is 0 Å². The number of methoxy groups -OCH3 is 2. The summed E-state index contributed by atoms with van der Waals surface area (Å²) in [7, 11) is 3.31. The molecule has 0 bridgehead atoms. The summed E-state index contributed by atoms with van der Waals surface area (Å²) in [4.78, 5) is 14.5. The van der Waals surface area contributed by atoms with Gasteiger partial charge in [0, 0.05) is 23.9 Å². The van der Waals surface area contributed by atoms with Gasteiger partial charge in [-0.2, -0.15) is 0 Å². The largest absolute Gasteiger partial charge is 0.493 e. The topological polar surface area (TPSA) is 38.8 Å². The van der Waals surface area contributed by atoms with Crippen molar-refractivity contribution >= 4 is 5.78 Å². The average molecular weight is 315 g/mol. The van der Waals surface area contributed by atoms with E-state index in [9.17, 15) is 4.79 Å². The normalized spacial score (nSPS) is 27.3. The molecule has 23 heavy (non-hydrogen) atoms. The number of rotatable bonds is 4. The van der Waals surface area contributed by atoms with Gasteiger partial charge in [-0.25, -0.2) is 0 Å². The van der Waals surface area contributed by atoms with E-state index >= 15 is 0 Å². The number of nitrogens with zero attached hydrogens (tertiary/aromatic N) is 1. The van der Waals surface area contributed by atoms with Crippen LogP contribution in [0.25, 0.3) is 0 Å². The first-order chi connectivity index (χ1) is 11.0. The lowest BCUT2D eigenvalue weighted by molar-refractivity contribution is -0.116. The fourth-order valence-electron chi connectivity index (χ4n) is 4.10. The fraction of sp³-hybridized carbons (Fsp3) is 0.526. The zero-order chi connectivity index (χ0) is 16.6. The standard InChI is InChI=1S/C19H25NO3/c1-13(2)20-10-9-19(8-7-15(21)12-18(19)20)14-5-6-16(22-3)17(11-14)23-4/h5-8,11,13,18H,9-10,12H2,1-4H3/t18?,19-/m0/s1. The predicted molar refractivity (Wildman–Crippen MR) is 90.2 cm³/mol. The van der Waals surface area contributed by atoms with Crippen molar-refractivity contribution in [2.45, 2.75) is 44.2 Å². The highest BCUT2D eigenvalue weighted by atomic mass is 16.5. The Morgan fingerprint density at radius 2 is 1.96 bits per heavy atom. The molecule has 4 heteroatoms. The monoisotopic (exact) mass is 315 g/mol. The highest BCUT2D eigenvalue weighted by molar-refractivity contribution is 5.92. The Morgan fingerprint density at radius 3 is 2.61 bits per heavy atom. The van der Waals surface area contributed by atoms with Gasteiger partial charge in [0.15, 0.2) is 17.3 Å². The van der Waals surface area contributed by atoms with Crippen LogP contribution in [-0.2, 0) is 10.2 Å². The molecule has 1 fully saturated rings. The maximum Gasteiger partial charge on any atom is 0.161 e. The van der Waals surface area contributed by atoms with E-state index in [1.54, 1.807) is 20.3 Å². The van der Waals surface area contributed by atoms with E-state index in [4.69, 9.17) is 9.47 Å². The number of allylic oxidation sites excluding steroid dienone is 1. The van der Waals surface area contributed by atoms with Crippen molar-refractivity contribution in [2.24, 2.45) is 0 Å². The van der Waals surface area contributed by atoms with Gasteiger partial charge in [0.1, 0.15) is 0 Å². The van der Waals surface area contributed by atoms with Crippen molar-refractivity contribution in [3.8, 4) is 11.5 Å². The summed E-state index contributed by atoms with van der Waals surface area (Å²) in [6, 6.07) is 6.79. The number of fused-ring (bicyclic) bond motifs is 1. The second-order valence-corrected chi connectivity index (χ2v) is 6.71. The molecule has 0 N–H and O–H groups in total. The number of likely N-dealkylation sites (tertiary alicyclic amines) is 1. The second-order valence-electron chi connectivity index (χ2n) is 6.71. The Kier molecular flexibility index (Phi) is 4.19.